The summed E-state index contributed by atoms with van der Waals surface area (Å²) < 4.78 is 5.20. The topological polar surface area (TPSA) is 49.7 Å². The summed E-state index contributed by atoms with van der Waals surface area (Å²) in [5.41, 5.74) is 0. The van der Waals surface area contributed by atoms with Crippen LogP contribution in [0.3, 0.4) is 0 Å². The molecule has 0 saturated heterocycles. The second-order valence-electron chi connectivity index (χ2n) is 3.11. The Balaban J connectivity index is 4.60. The van der Waals surface area contributed by atoms with Gasteiger partial charge in [-0.2, -0.15) is 0 Å². The molecule has 0 spiro atoms. The highest BCUT2D eigenvalue weighted by molar-refractivity contribution is 6.79. The fraction of sp³-hybridized carbons (Fsp3) is 0.333. The van der Waals surface area contributed by atoms with Crippen LogP contribution in [-0.4, -0.2) is 25.7 Å². The number of hydrogen-bond donors (Lipinski definition) is 2. The maximum atomic E-state index is 8.83. The van der Waals surface area contributed by atoms with Crippen molar-refractivity contribution in [1.29, 1.82) is 0 Å². The fourth-order valence-electron chi connectivity index (χ4n) is 1.41. The van der Waals surface area contributed by atoms with Crippen LogP contribution in [0.15, 0.2) is 38.0 Å². The summed E-state index contributed by atoms with van der Waals surface area (Å²) in [6.07, 6.45) is 5.21. The smallest absolute Gasteiger partial charge is 0.427 e. The van der Waals surface area contributed by atoms with E-state index in [0.29, 0.717) is 18.1 Å². The zero-order valence-corrected chi connectivity index (χ0v) is 9.35. The highest BCUT2D eigenvalue weighted by Crippen LogP contribution is 2.24. The van der Waals surface area contributed by atoms with Crippen molar-refractivity contribution in [2.75, 3.05) is 0 Å². The van der Waals surface area contributed by atoms with Crippen LogP contribution in [-0.2, 0) is 4.34 Å². The molecule has 0 aromatic carbocycles. The highest BCUT2D eigenvalue weighted by Gasteiger charge is 2.34. The van der Waals surface area contributed by atoms with Crippen molar-refractivity contribution in [3.8, 4) is 0 Å². The van der Waals surface area contributed by atoms with E-state index in [1.54, 1.807) is 18.2 Å². The maximum absolute atomic E-state index is 8.83. The van der Waals surface area contributed by atoms with Crippen LogP contribution in [0.2, 0.25) is 18.1 Å². The van der Waals surface area contributed by atoms with Crippen LogP contribution in [0.25, 0.3) is 0 Å². The summed E-state index contributed by atoms with van der Waals surface area (Å²) in [7, 11) is -3.93. The molecular weight excluding hydrogens is 195 g/mol. The van der Waals surface area contributed by atoms with E-state index >= 15 is 0 Å². The standard InChI is InChI=1S/C9H17BO3Si/c1-4-7-14(8-5-2,9-6-3)13-10(11)12/h4-6,11-12H,1-3,7-9H2. The van der Waals surface area contributed by atoms with Crippen molar-refractivity contribution in [3.05, 3.63) is 38.0 Å². The van der Waals surface area contributed by atoms with Gasteiger partial charge in [-0.05, 0) is 18.1 Å². The Bertz CT molecular complexity index is 180. The van der Waals surface area contributed by atoms with Gasteiger partial charge in [0, 0.05) is 0 Å². The van der Waals surface area contributed by atoms with Gasteiger partial charge in [0.1, 0.15) is 0 Å². The van der Waals surface area contributed by atoms with Gasteiger partial charge in [0.2, 0.25) is 0 Å². The van der Waals surface area contributed by atoms with E-state index < -0.39 is 15.6 Å². The first kappa shape index (κ1) is 13.4. The van der Waals surface area contributed by atoms with Gasteiger partial charge in [0.15, 0.2) is 8.32 Å². The Morgan fingerprint density at radius 1 is 1.00 bits per heavy atom. The summed E-state index contributed by atoms with van der Waals surface area (Å²) in [6.45, 7) is 10.9. The number of hydrogen-bond acceptors (Lipinski definition) is 3. The molecule has 0 fully saturated rings. The Morgan fingerprint density at radius 2 is 1.36 bits per heavy atom. The van der Waals surface area contributed by atoms with E-state index in [0.717, 1.165) is 0 Å². The molecule has 0 aliphatic heterocycles. The van der Waals surface area contributed by atoms with E-state index in [4.69, 9.17) is 14.4 Å². The van der Waals surface area contributed by atoms with Crippen LogP contribution in [0.1, 0.15) is 0 Å². The molecule has 0 aromatic heterocycles. The van der Waals surface area contributed by atoms with Gasteiger partial charge in [0.25, 0.3) is 0 Å². The minimum atomic E-state index is -2.21. The van der Waals surface area contributed by atoms with E-state index in [2.05, 4.69) is 19.7 Å². The second kappa shape index (κ2) is 6.78. The summed E-state index contributed by atoms with van der Waals surface area (Å²) in [4.78, 5) is 0. The molecule has 0 unspecified atom stereocenters. The van der Waals surface area contributed by atoms with Gasteiger partial charge >= 0.3 is 7.32 Å². The monoisotopic (exact) mass is 212 g/mol. The average Bonchev–Trinajstić information content (AvgIpc) is 2.03. The Kier molecular flexibility index (Phi) is 6.48. The molecule has 0 saturated carbocycles. The highest BCUT2D eigenvalue weighted by atomic mass is 28.4. The molecule has 5 heteroatoms. The molecule has 78 valence electrons. The predicted molar refractivity (Wildman–Crippen MR) is 62.0 cm³/mol. The largest absolute Gasteiger partial charge is 0.623 e. The van der Waals surface area contributed by atoms with Crippen LogP contribution in [0, 0.1) is 0 Å². The lowest BCUT2D eigenvalue weighted by Crippen LogP contribution is -2.42. The summed E-state index contributed by atoms with van der Waals surface area (Å²) in [5, 5.41) is 17.7. The van der Waals surface area contributed by atoms with Crippen molar-refractivity contribution in [1.82, 2.24) is 0 Å². The third-order valence-corrected chi connectivity index (χ3v) is 5.71. The molecule has 3 nitrogen and oxygen atoms in total. The van der Waals surface area contributed by atoms with Crippen LogP contribution < -0.4 is 0 Å². The molecule has 0 aromatic rings. The molecule has 0 aliphatic carbocycles. The summed E-state index contributed by atoms with van der Waals surface area (Å²) >= 11 is 0. The van der Waals surface area contributed by atoms with Crippen molar-refractivity contribution in [3.63, 3.8) is 0 Å². The van der Waals surface area contributed by atoms with E-state index in [-0.39, 0.29) is 0 Å². The maximum Gasteiger partial charge on any atom is 0.623 e. The third kappa shape index (κ3) is 4.57. The average molecular weight is 212 g/mol. The molecule has 0 heterocycles. The van der Waals surface area contributed by atoms with Gasteiger partial charge in [-0.25, -0.2) is 0 Å². The van der Waals surface area contributed by atoms with Crippen molar-refractivity contribution < 1.29 is 14.4 Å². The predicted octanol–water partition coefficient (Wildman–Crippen LogP) is 1.48. The Hall–Kier alpha value is -0.618. The van der Waals surface area contributed by atoms with Gasteiger partial charge in [-0.3, -0.25) is 0 Å². The number of allylic oxidation sites excluding steroid dienone is 3. The molecule has 0 atom stereocenters. The Morgan fingerprint density at radius 3 is 1.57 bits per heavy atom. The minimum absolute atomic E-state index is 0.655. The van der Waals surface area contributed by atoms with Crippen LogP contribution in [0.4, 0.5) is 0 Å². The fourth-order valence-corrected chi connectivity index (χ4v) is 4.22. The van der Waals surface area contributed by atoms with Gasteiger partial charge in [-0.15, -0.1) is 19.7 Å². The number of rotatable bonds is 8. The second-order valence-corrected chi connectivity index (χ2v) is 6.93. The van der Waals surface area contributed by atoms with Crippen molar-refractivity contribution in [2.45, 2.75) is 18.1 Å². The van der Waals surface area contributed by atoms with Crippen molar-refractivity contribution >= 4 is 15.6 Å². The molecule has 0 radical (unpaired) electrons. The Labute approximate surface area is 86.7 Å². The zero-order valence-electron chi connectivity index (χ0n) is 8.35. The minimum Gasteiger partial charge on any atom is -0.427 e. The molecule has 2 N–H and O–H groups in total. The van der Waals surface area contributed by atoms with Crippen LogP contribution in [0.5, 0.6) is 0 Å². The quantitative estimate of drug-likeness (QED) is 0.473. The van der Waals surface area contributed by atoms with Crippen molar-refractivity contribution in [2.24, 2.45) is 0 Å². The SMILES string of the molecule is C=CC[Si](CC=C)(CC=C)OB(O)O. The van der Waals surface area contributed by atoms with Gasteiger partial charge < -0.3 is 14.4 Å². The van der Waals surface area contributed by atoms with Gasteiger partial charge in [0.05, 0.1) is 0 Å². The molecule has 0 rings (SSSR count). The van der Waals surface area contributed by atoms with Crippen LogP contribution >= 0.6 is 0 Å². The first-order valence-electron chi connectivity index (χ1n) is 4.47. The lowest BCUT2D eigenvalue weighted by atomic mass is 10.3. The molecule has 0 aliphatic rings. The zero-order chi connectivity index (χ0) is 11.0. The summed E-state index contributed by atoms with van der Waals surface area (Å²) in [5.74, 6) is 0. The van der Waals surface area contributed by atoms with E-state index in [1.165, 1.54) is 0 Å². The molecule has 14 heavy (non-hydrogen) atoms. The van der Waals surface area contributed by atoms with E-state index in [9.17, 15) is 0 Å². The lowest BCUT2D eigenvalue weighted by molar-refractivity contribution is 0.282. The first-order chi connectivity index (χ1) is 6.60. The first-order valence-corrected chi connectivity index (χ1v) is 7.00. The van der Waals surface area contributed by atoms with E-state index in [1.807, 2.05) is 0 Å². The third-order valence-electron chi connectivity index (χ3n) is 1.90. The molecule has 0 bridgehead atoms. The summed E-state index contributed by atoms with van der Waals surface area (Å²) in [6, 6.07) is 1.97. The normalized spacial score (nSPS) is 10.7. The molecular formula is C9H17BO3Si. The molecule has 0 amide bonds. The van der Waals surface area contributed by atoms with Gasteiger partial charge in [-0.1, -0.05) is 18.2 Å². The lowest BCUT2D eigenvalue weighted by Gasteiger charge is -2.28.